The van der Waals surface area contributed by atoms with Gasteiger partial charge in [-0.15, -0.1) is 0 Å². The first-order chi connectivity index (χ1) is 9.67. The van der Waals surface area contributed by atoms with Crippen LogP contribution in [0.2, 0.25) is 0 Å². The Bertz CT molecular complexity index is 424. The van der Waals surface area contributed by atoms with Crippen LogP contribution in [0.1, 0.15) is 19.8 Å². The molecule has 0 radical (unpaired) electrons. The van der Waals surface area contributed by atoms with Gasteiger partial charge in [0.1, 0.15) is 11.5 Å². The maximum Gasteiger partial charge on any atom is 0.325 e. The van der Waals surface area contributed by atoms with Gasteiger partial charge in [-0.25, -0.2) is 0 Å². The molecule has 1 aliphatic rings. The quantitative estimate of drug-likeness (QED) is 0.653. The zero-order valence-electron chi connectivity index (χ0n) is 11.7. The molecule has 5 nitrogen and oxygen atoms in total. The standard InChI is InChI=1S/C15H21NO4/c1-2-19-13-3-5-14(6-4-13)20-15(18)11-16-9-7-12(17)8-10-16/h3-6,12,17H,2,7-11H2,1H3. The monoisotopic (exact) mass is 279 g/mol. The SMILES string of the molecule is CCOc1ccc(OC(=O)CN2CCC(O)CC2)cc1. The molecule has 20 heavy (non-hydrogen) atoms. The number of benzene rings is 1. The third-order valence-corrected chi connectivity index (χ3v) is 3.28. The summed E-state index contributed by atoms with van der Waals surface area (Å²) in [6.45, 7) is 4.27. The number of piperidine rings is 1. The van der Waals surface area contributed by atoms with Gasteiger partial charge < -0.3 is 14.6 Å². The molecule has 1 N–H and O–H groups in total. The van der Waals surface area contributed by atoms with Gasteiger partial charge in [0.05, 0.1) is 19.3 Å². The van der Waals surface area contributed by atoms with Crippen molar-refractivity contribution in [3.05, 3.63) is 24.3 Å². The molecule has 0 aliphatic carbocycles. The summed E-state index contributed by atoms with van der Waals surface area (Å²) in [5.41, 5.74) is 0. The molecular weight excluding hydrogens is 258 g/mol. The number of likely N-dealkylation sites (tertiary alicyclic amines) is 1. The fourth-order valence-electron chi connectivity index (χ4n) is 2.19. The highest BCUT2D eigenvalue weighted by Gasteiger charge is 2.19. The van der Waals surface area contributed by atoms with E-state index in [1.54, 1.807) is 24.3 Å². The van der Waals surface area contributed by atoms with Crippen molar-refractivity contribution in [3.8, 4) is 11.5 Å². The Balaban J connectivity index is 1.79. The summed E-state index contributed by atoms with van der Waals surface area (Å²) in [4.78, 5) is 13.8. The number of nitrogens with zero attached hydrogens (tertiary/aromatic N) is 1. The van der Waals surface area contributed by atoms with Crippen LogP contribution in [-0.2, 0) is 4.79 Å². The van der Waals surface area contributed by atoms with Crippen molar-refractivity contribution >= 4 is 5.97 Å². The first kappa shape index (κ1) is 14.8. The van der Waals surface area contributed by atoms with E-state index in [1.807, 2.05) is 11.8 Å². The maximum atomic E-state index is 11.8. The fourth-order valence-corrected chi connectivity index (χ4v) is 2.19. The minimum absolute atomic E-state index is 0.228. The molecule has 1 aromatic carbocycles. The van der Waals surface area contributed by atoms with Gasteiger partial charge in [0.15, 0.2) is 0 Å². The van der Waals surface area contributed by atoms with Crippen molar-refractivity contribution in [2.75, 3.05) is 26.2 Å². The number of carbonyl (C=O) groups excluding carboxylic acids is 1. The van der Waals surface area contributed by atoms with Gasteiger partial charge in [-0.05, 0) is 44.0 Å². The molecule has 1 aliphatic heterocycles. The fraction of sp³-hybridized carbons (Fsp3) is 0.533. The van der Waals surface area contributed by atoms with Crippen LogP contribution < -0.4 is 9.47 Å². The molecular formula is C15H21NO4. The van der Waals surface area contributed by atoms with Crippen LogP contribution in [0, 0.1) is 0 Å². The lowest BCUT2D eigenvalue weighted by Gasteiger charge is -2.28. The predicted octanol–water partition coefficient (Wildman–Crippen LogP) is 1.45. The van der Waals surface area contributed by atoms with Gasteiger partial charge in [-0.1, -0.05) is 0 Å². The molecule has 0 unspecified atom stereocenters. The van der Waals surface area contributed by atoms with E-state index < -0.39 is 0 Å². The second-order valence-corrected chi connectivity index (χ2v) is 4.89. The predicted molar refractivity (Wildman–Crippen MR) is 74.9 cm³/mol. The Morgan fingerprint density at radius 1 is 1.25 bits per heavy atom. The van der Waals surface area contributed by atoms with Gasteiger partial charge in [0, 0.05) is 13.1 Å². The minimum atomic E-state index is -0.273. The molecule has 0 saturated carbocycles. The average Bonchev–Trinajstić information content (AvgIpc) is 2.44. The van der Waals surface area contributed by atoms with Crippen molar-refractivity contribution in [2.24, 2.45) is 0 Å². The van der Waals surface area contributed by atoms with Crippen molar-refractivity contribution in [2.45, 2.75) is 25.9 Å². The number of carbonyl (C=O) groups is 1. The van der Waals surface area contributed by atoms with Gasteiger partial charge in [-0.3, -0.25) is 9.69 Å². The van der Waals surface area contributed by atoms with Crippen molar-refractivity contribution in [3.63, 3.8) is 0 Å². The first-order valence-electron chi connectivity index (χ1n) is 7.01. The third-order valence-electron chi connectivity index (χ3n) is 3.28. The Hall–Kier alpha value is -1.59. The number of ether oxygens (including phenoxy) is 2. The summed E-state index contributed by atoms with van der Waals surface area (Å²) in [5, 5.41) is 9.41. The largest absolute Gasteiger partial charge is 0.494 e. The molecule has 0 atom stereocenters. The molecule has 0 bridgehead atoms. The summed E-state index contributed by atoms with van der Waals surface area (Å²) in [7, 11) is 0. The normalized spacial score (nSPS) is 16.9. The average molecular weight is 279 g/mol. The molecule has 1 aromatic rings. The van der Waals surface area contributed by atoms with Crippen LogP contribution in [0.25, 0.3) is 0 Å². The van der Waals surface area contributed by atoms with Crippen LogP contribution in [0.3, 0.4) is 0 Å². The number of aliphatic hydroxyl groups excluding tert-OH is 1. The van der Waals surface area contributed by atoms with Gasteiger partial charge >= 0.3 is 5.97 Å². The summed E-state index contributed by atoms with van der Waals surface area (Å²) in [5.74, 6) is 1.01. The summed E-state index contributed by atoms with van der Waals surface area (Å²) < 4.78 is 10.6. The van der Waals surface area contributed by atoms with E-state index in [1.165, 1.54) is 0 Å². The van der Waals surface area contributed by atoms with E-state index in [9.17, 15) is 9.90 Å². The lowest BCUT2D eigenvalue weighted by molar-refractivity contribution is -0.136. The third kappa shape index (κ3) is 4.51. The smallest absolute Gasteiger partial charge is 0.325 e. The summed E-state index contributed by atoms with van der Waals surface area (Å²) in [6.07, 6.45) is 1.21. The van der Waals surface area contributed by atoms with Crippen LogP contribution in [0.5, 0.6) is 11.5 Å². The zero-order chi connectivity index (χ0) is 14.4. The van der Waals surface area contributed by atoms with Crippen molar-refractivity contribution in [1.29, 1.82) is 0 Å². The Morgan fingerprint density at radius 3 is 2.45 bits per heavy atom. The van der Waals surface area contributed by atoms with Crippen molar-refractivity contribution in [1.82, 2.24) is 4.90 Å². The van der Waals surface area contributed by atoms with E-state index in [0.29, 0.717) is 12.4 Å². The van der Waals surface area contributed by atoms with Crippen LogP contribution in [-0.4, -0.2) is 48.3 Å². The topological polar surface area (TPSA) is 59.0 Å². The molecule has 5 heteroatoms. The molecule has 1 fully saturated rings. The van der Waals surface area contributed by atoms with Crippen molar-refractivity contribution < 1.29 is 19.4 Å². The molecule has 2 rings (SSSR count). The molecule has 0 amide bonds. The van der Waals surface area contributed by atoms with Crippen LogP contribution in [0.15, 0.2) is 24.3 Å². The van der Waals surface area contributed by atoms with Crippen LogP contribution >= 0.6 is 0 Å². The number of hydrogen-bond acceptors (Lipinski definition) is 5. The van der Waals surface area contributed by atoms with E-state index in [2.05, 4.69) is 0 Å². The molecule has 0 spiro atoms. The number of rotatable bonds is 5. The lowest BCUT2D eigenvalue weighted by Crippen LogP contribution is -2.40. The maximum absolute atomic E-state index is 11.8. The highest BCUT2D eigenvalue weighted by molar-refractivity contribution is 5.74. The molecule has 110 valence electrons. The second-order valence-electron chi connectivity index (χ2n) is 4.89. The van der Waals surface area contributed by atoms with E-state index in [4.69, 9.17) is 9.47 Å². The first-order valence-corrected chi connectivity index (χ1v) is 7.01. The van der Waals surface area contributed by atoms with Crippen LogP contribution in [0.4, 0.5) is 0 Å². The summed E-state index contributed by atoms with van der Waals surface area (Å²) >= 11 is 0. The molecule has 1 saturated heterocycles. The highest BCUT2D eigenvalue weighted by atomic mass is 16.5. The van der Waals surface area contributed by atoms with E-state index in [0.717, 1.165) is 31.7 Å². The Labute approximate surface area is 119 Å². The second kappa shape index (κ2) is 7.26. The van der Waals surface area contributed by atoms with Gasteiger partial charge in [0.2, 0.25) is 0 Å². The molecule has 0 aromatic heterocycles. The molecule has 1 heterocycles. The van der Waals surface area contributed by atoms with E-state index >= 15 is 0 Å². The number of esters is 1. The Kier molecular flexibility index (Phi) is 5.38. The minimum Gasteiger partial charge on any atom is -0.494 e. The number of hydrogen-bond donors (Lipinski definition) is 1. The number of aliphatic hydroxyl groups is 1. The zero-order valence-corrected chi connectivity index (χ0v) is 11.7. The highest BCUT2D eigenvalue weighted by Crippen LogP contribution is 2.18. The summed E-state index contributed by atoms with van der Waals surface area (Å²) in [6, 6.07) is 7.01. The van der Waals surface area contributed by atoms with Gasteiger partial charge in [0.25, 0.3) is 0 Å². The van der Waals surface area contributed by atoms with E-state index in [-0.39, 0.29) is 18.6 Å². The Morgan fingerprint density at radius 2 is 1.85 bits per heavy atom. The lowest BCUT2D eigenvalue weighted by atomic mass is 10.1. The van der Waals surface area contributed by atoms with Gasteiger partial charge in [-0.2, -0.15) is 0 Å².